The van der Waals surface area contributed by atoms with Gasteiger partial charge in [0.05, 0.1) is 4.90 Å². The number of hydrogen-bond acceptors (Lipinski definition) is 8. The number of nitrogens with one attached hydrogen (secondary N) is 2. The summed E-state index contributed by atoms with van der Waals surface area (Å²) in [7, 11) is -4.50. The van der Waals surface area contributed by atoms with Gasteiger partial charge in [0.1, 0.15) is 5.75 Å². The van der Waals surface area contributed by atoms with Gasteiger partial charge in [0.15, 0.2) is 0 Å². The van der Waals surface area contributed by atoms with Gasteiger partial charge in [-0.2, -0.15) is 27.8 Å². The number of para-hydroxylation sites is 1. The number of fused-ring (bicyclic) bond motifs is 1. The average Bonchev–Trinajstić information content (AvgIpc) is 2.67. The minimum absolute atomic E-state index is 0.0108. The summed E-state index contributed by atoms with van der Waals surface area (Å²) in [5, 5.41) is 16.4. The zero-order valence-corrected chi connectivity index (χ0v) is 15.9. The van der Waals surface area contributed by atoms with Gasteiger partial charge in [-0.3, -0.25) is 4.55 Å². The largest absolute Gasteiger partial charge is 0.507 e. The first-order valence-corrected chi connectivity index (χ1v) is 9.97. The van der Waals surface area contributed by atoms with Crippen LogP contribution >= 0.6 is 0 Å². The lowest BCUT2D eigenvalue weighted by Crippen LogP contribution is -2.06. The molecule has 1 aromatic heterocycles. The van der Waals surface area contributed by atoms with Crippen molar-refractivity contribution in [2.45, 2.75) is 4.90 Å². The van der Waals surface area contributed by atoms with Crippen LogP contribution in [0.3, 0.4) is 0 Å². The SMILES string of the molecule is O=S(=O)(O)c1cc(O)c2ccc(Nc3nc(F)nc(Nc4ccccc4)n3)cc2c1. The first kappa shape index (κ1) is 19.5. The van der Waals surface area contributed by atoms with Crippen molar-refractivity contribution in [1.29, 1.82) is 0 Å². The lowest BCUT2D eigenvalue weighted by atomic mass is 10.1. The molecule has 0 aliphatic rings. The highest BCUT2D eigenvalue weighted by Crippen LogP contribution is 2.31. The van der Waals surface area contributed by atoms with Crippen LogP contribution in [0.15, 0.2) is 65.6 Å². The van der Waals surface area contributed by atoms with E-state index in [9.17, 15) is 22.5 Å². The Balaban J connectivity index is 1.67. The van der Waals surface area contributed by atoms with Gasteiger partial charge < -0.3 is 15.7 Å². The minimum atomic E-state index is -4.50. The first-order valence-electron chi connectivity index (χ1n) is 8.53. The third-order valence-corrected chi connectivity index (χ3v) is 4.93. The van der Waals surface area contributed by atoms with Crippen LogP contribution in [0.2, 0.25) is 0 Å². The van der Waals surface area contributed by atoms with E-state index in [0.717, 1.165) is 6.07 Å². The van der Waals surface area contributed by atoms with Crippen LogP contribution in [0.5, 0.6) is 5.75 Å². The maximum Gasteiger partial charge on any atom is 0.315 e. The topological polar surface area (TPSA) is 137 Å². The first-order chi connectivity index (χ1) is 14.3. The van der Waals surface area contributed by atoms with Crippen molar-refractivity contribution in [3.63, 3.8) is 0 Å². The number of phenolic OH excluding ortho intramolecular Hbond substituents is 1. The highest BCUT2D eigenvalue weighted by Gasteiger charge is 2.14. The van der Waals surface area contributed by atoms with E-state index in [-0.39, 0.29) is 17.6 Å². The summed E-state index contributed by atoms with van der Waals surface area (Å²) in [4.78, 5) is 10.9. The van der Waals surface area contributed by atoms with E-state index in [1.54, 1.807) is 30.3 Å². The smallest absolute Gasteiger partial charge is 0.315 e. The summed E-state index contributed by atoms with van der Waals surface area (Å²) < 4.78 is 45.8. The molecule has 0 unspecified atom stereocenters. The molecule has 0 fully saturated rings. The molecule has 1 heterocycles. The molecule has 0 saturated carbocycles. The molecule has 3 aromatic carbocycles. The second-order valence-corrected chi connectivity index (χ2v) is 7.64. The van der Waals surface area contributed by atoms with Crippen LogP contribution < -0.4 is 10.6 Å². The van der Waals surface area contributed by atoms with E-state index in [0.29, 0.717) is 22.1 Å². The molecule has 30 heavy (non-hydrogen) atoms. The Morgan fingerprint density at radius 3 is 2.17 bits per heavy atom. The van der Waals surface area contributed by atoms with Crippen LogP contribution in [0.4, 0.5) is 27.7 Å². The van der Waals surface area contributed by atoms with Gasteiger partial charge in [-0.15, -0.1) is 0 Å². The summed E-state index contributed by atoms with van der Waals surface area (Å²) >= 11 is 0. The monoisotopic (exact) mass is 427 g/mol. The summed E-state index contributed by atoms with van der Waals surface area (Å²) in [6, 6.07) is 15.7. The molecule has 0 spiro atoms. The Labute approximate surface area is 170 Å². The van der Waals surface area contributed by atoms with E-state index in [1.165, 1.54) is 18.2 Å². The molecule has 0 aliphatic heterocycles. The molecule has 0 atom stereocenters. The van der Waals surface area contributed by atoms with Gasteiger partial charge in [0.2, 0.25) is 11.9 Å². The molecule has 4 N–H and O–H groups in total. The Bertz CT molecular complexity index is 1350. The zero-order valence-electron chi connectivity index (χ0n) is 15.1. The van der Waals surface area contributed by atoms with Gasteiger partial charge in [0, 0.05) is 22.8 Å². The van der Waals surface area contributed by atoms with E-state index in [4.69, 9.17) is 0 Å². The van der Waals surface area contributed by atoms with Gasteiger partial charge in [-0.1, -0.05) is 18.2 Å². The molecule has 0 bridgehead atoms. The number of benzene rings is 3. The van der Waals surface area contributed by atoms with E-state index in [1.807, 2.05) is 6.07 Å². The predicted molar refractivity (Wildman–Crippen MR) is 108 cm³/mol. The Morgan fingerprint density at radius 2 is 1.50 bits per heavy atom. The van der Waals surface area contributed by atoms with Crippen molar-refractivity contribution in [1.82, 2.24) is 15.0 Å². The van der Waals surface area contributed by atoms with Gasteiger partial charge >= 0.3 is 6.08 Å². The number of anilines is 4. The molecule has 0 radical (unpaired) electrons. The second kappa shape index (κ2) is 7.54. The molecule has 4 aromatic rings. The fraction of sp³-hybridized carbons (Fsp3) is 0. The number of rotatable bonds is 5. The molecule has 9 nitrogen and oxygen atoms in total. The standard InChI is InChI=1S/C19H14FN5O4S/c20-17-23-18(21-12-4-2-1-3-5-12)25-19(24-17)22-13-6-7-15-11(8-13)9-14(10-16(15)26)30(27,28)29/h1-10,26H,(H,27,28,29)(H2,21,22,23,24,25). The Hall–Kier alpha value is -3.83. The van der Waals surface area contributed by atoms with Gasteiger partial charge in [-0.25, -0.2) is 0 Å². The van der Waals surface area contributed by atoms with Crippen molar-refractivity contribution >= 4 is 44.2 Å². The van der Waals surface area contributed by atoms with Crippen LogP contribution in [-0.2, 0) is 10.1 Å². The molecule has 4 rings (SSSR count). The number of halogens is 1. The summed E-state index contributed by atoms with van der Waals surface area (Å²) in [6.07, 6.45) is -1.00. The third kappa shape index (κ3) is 4.26. The average molecular weight is 427 g/mol. The van der Waals surface area contributed by atoms with Crippen LogP contribution in [0, 0.1) is 6.08 Å². The predicted octanol–water partition coefficient (Wildman–Crippen LogP) is 3.60. The molecule has 152 valence electrons. The maximum absolute atomic E-state index is 13.9. The summed E-state index contributed by atoms with van der Waals surface area (Å²) in [5.74, 6) is -0.411. The number of hydrogen-bond donors (Lipinski definition) is 4. The fourth-order valence-corrected chi connectivity index (χ4v) is 3.33. The number of nitrogens with zero attached hydrogens (tertiary/aromatic N) is 3. The number of aromatic nitrogens is 3. The summed E-state index contributed by atoms with van der Waals surface area (Å²) in [6.45, 7) is 0. The van der Waals surface area contributed by atoms with Crippen LogP contribution in [-0.4, -0.2) is 33.0 Å². The van der Waals surface area contributed by atoms with Crippen LogP contribution in [0.1, 0.15) is 0 Å². The third-order valence-electron chi connectivity index (χ3n) is 4.10. The van der Waals surface area contributed by atoms with Crippen molar-refractivity contribution in [2.24, 2.45) is 0 Å². The zero-order chi connectivity index (χ0) is 21.3. The van der Waals surface area contributed by atoms with Crippen molar-refractivity contribution in [3.8, 4) is 5.75 Å². The fourth-order valence-electron chi connectivity index (χ4n) is 2.79. The summed E-state index contributed by atoms with van der Waals surface area (Å²) in [5.41, 5.74) is 1.05. The van der Waals surface area contributed by atoms with E-state index >= 15 is 0 Å². The van der Waals surface area contributed by atoms with E-state index < -0.39 is 21.1 Å². The molecular formula is C19H14FN5O4S. The maximum atomic E-state index is 13.9. The van der Waals surface area contributed by atoms with Gasteiger partial charge in [-0.05, 0) is 41.8 Å². The van der Waals surface area contributed by atoms with Crippen LogP contribution in [0.25, 0.3) is 10.8 Å². The number of aromatic hydroxyl groups is 1. The molecular weight excluding hydrogens is 413 g/mol. The lowest BCUT2D eigenvalue weighted by molar-refractivity contribution is 0.471. The minimum Gasteiger partial charge on any atom is -0.507 e. The van der Waals surface area contributed by atoms with Crippen molar-refractivity contribution in [2.75, 3.05) is 10.6 Å². The normalized spacial score (nSPS) is 11.4. The quantitative estimate of drug-likeness (QED) is 0.352. The molecule has 0 saturated heterocycles. The molecule has 0 amide bonds. The molecule has 0 aliphatic carbocycles. The molecule has 11 heteroatoms. The van der Waals surface area contributed by atoms with Crippen molar-refractivity contribution < 1.29 is 22.5 Å². The highest BCUT2D eigenvalue weighted by molar-refractivity contribution is 7.85. The lowest BCUT2D eigenvalue weighted by Gasteiger charge is -2.10. The van der Waals surface area contributed by atoms with Crippen molar-refractivity contribution in [3.05, 3.63) is 66.7 Å². The van der Waals surface area contributed by atoms with Gasteiger partial charge in [0.25, 0.3) is 10.1 Å². The number of phenols is 1. The van der Waals surface area contributed by atoms with E-state index in [2.05, 4.69) is 25.6 Å². The second-order valence-electron chi connectivity index (χ2n) is 6.22. The highest BCUT2D eigenvalue weighted by atomic mass is 32.2. The Morgan fingerprint density at radius 1 is 0.833 bits per heavy atom. The Kier molecular flexibility index (Phi) is 4.90.